The van der Waals surface area contributed by atoms with E-state index >= 15 is 0 Å². The molecule has 5 heteroatoms. The fraction of sp³-hybridized carbons (Fsp3) is 0.320. The molecule has 0 aliphatic carbocycles. The number of fused-ring (bicyclic) bond motifs is 2. The Labute approximate surface area is 176 Å². The Hall–Kier alpha value is -3.05. The monoisotopic (exact) mass is 403 g/mol. The van der Waals surface area contributed by atoms with Gasteiger partial charge in [0, 0.05) is 11.1 Å². The molecular formula is C25H27N2O3+. The molecule has 1 aromatic heterocycles. The largest absolute Gasteiger partial charge is 0.463 e. The van der Waals surface area contributed by atoms with E-state index < -0.39 is 0 Å². The molecule has 2 aliphatic rings. The number of benzene rings is 2. The van der Waals surface area contributed by atoms with Crippen LogP contribution in [0, 0.1) is 0 Å². The number of carbonyl (C=O) groups is 1. The Bertz CT molecular complexity index is 963. The van der Waals surface area contributed by atoms with Crippen LogP contribution in [0.5, 0.6) is 11.5 Å². The third-order valence-electron chi connectivity index (χ3n) is 6.30. The molecule has 1 fully saturated rings. The van der Waals surface area contributed by atoms with E-state index in [1.54, 1.807) is 6.26 Å². The highest BCUT2D eigenvalue weighted by Crippen LogP contribution is 2.43. The molecule has 3 aromatic rings. The lowest BCUT2D eigenvalue weighted by molar-refractivity contribution is -0.936. The van der Waals surface area contributed by atoms with E-state index in [9.17, 15) is 4.79 Å². The maximum absolute atomic E-state index is 13.5. The van der Waals surface area contributed by atoms with Crippen molar-refractivity contribution in [3.8, 4) is 11.5 Å². The molecule has 2 aliphatic heterocycles. The molecule has 2 aromatic carbocycles. The molecule has 1 amide bonds. The zero-order valence-corrected chi connectivity index (χ0v) is 17.0. The molecular weight excluding hydrogens is 376 g/mol. The zero-order chi connectivity index (χ0) is 20.3. The number of nitrogens with one attached hydrogen (secondary N) is 2. The first-order valence-corrected chi connectivity index (χ1v) is 10.8. The average molecular weight is 404 g/mol. The molecule has 30 heavy (non-hydrogen) atoms. The number of rotatable bonds is 5. The Morgan fingerprint density at radius 2 is 1.60 bits per heavy atom. The summed E-state index contributed by atoms with van der Waals surface area (Å²) in [6.07, 6.45) is 5.46. The fourth-order valence-corrected chi connectivity index (χ4v) is 4.79. The van der Waals surface area contributed by atoms with Crippen molar-refractivity contribution in [3.05, 3.63) is 83.8 Å². The SMILES string of the molecule is O=C(NC[C@@H](c1ccco1)[NH+]1CCCCC1)C1c2ccccc2Oc2ccccc21. The maximum atomic E-state index is 13.5. The fourth-order valence-electron chi connectivity index (χ4n) is 4.79. The van der Waals surface area contributed by atoms with E-state index in [1.165, 1.54) is 24.2 Å². The zero-order valence-electron chi connectivity index (χ0n) is 17.0. The van der Waals surface area contributed by atoms with Gasteiger partial charge in [-0.3, -0.25) is 4.79 Å². The molecule has 0 spiro atoms. The standard InChI is InChI=1S/C25H26N2O3/c28-25(26-17-20(23-13-8-16-29-23)27-14-6-1-7-15-27)24-18-9-2-4-11-21(18)30-22-12-5-3-10-19(22)24/h2-5,8-13,16,20,24H,1,6-7,14-15,17H2,(H,26,28)/p+1/t20-/m0/s1. The highest BCUT2D eigenvalue weighted by atomic mass is 16.5. The van der Waals surface area contributed by atoms with E-state index in [1.807, 2.05) is 60.7 Å². The minimum Gasteiger partial charge on any atom is -0.463 e. The summed E-state index contributed by atoms with van der Waals surface area (Å²) >= 11 is 0. The van der Waals surface area contributed by atoms with Gasteiger partial charge in [-0.2, -0.15) is 0 Å². The van der Waals surface area contributed by atoms with Crippen LogP contribution in [0.1, 0.15) is 48.1 Å². The molecule has 3 heterocycles. The molecule has 1 saturated heterocycles. The number of ether oxygens (including phenoxy) is 1. The van der Waals surface area contributed by atoms with Crippen LogP contribution in [-0.2, 0) is 4.79 Å². The van der Waals surface area contributed by atoms with Gasteiger partial charge in [0.05, 0.1) is 31.8 Å². The van der Waals surface area contributed by atoms with Gasteiger partial charge in [-0.25, -0.2) is 0 Å². The Kier molecular flexibility index (Phi) is 5.28. The highest BCUT2D eigenvalue weighted by Gasteiger charge is 2.34. The van der Waals surface area contributed by atoms with Crippen LogP contribution >= 0.6 is 0 Å². The smallest absolute Gasteiger partial charge is 0.232 e. The number of likely N-dealkylation sites (tertiary alicyclic amines) is 1. The molecule has 5 nitrogen and oxygen atoms in total. The number of para-hydroxylation sites is 2. The normalized spacial score (nSPS) is 17.5. The van der Waals surface area contributed by atoms with Gasteiger partial charge < -0.3 is 19.4 Å². The van der Waals surface area contributed by atoms with E-state index in [4.69, 9.17) is 9.15 Å². The molecule has 0 saturated carbocycles. The van der Waals surface area contributed by atoms with Crippen molar-refractivity contribution in [1.82, 2.24) is 5.32 Å². The lowest BCUT2D eigenvalue weighted by atomic mass is 9.87. The summed E-state index contributed by atoms with van der Waals surface area (Å²) in [5, 5.41) is 3.24. The number of furan rings is 1. The number of piperidine rings is 1. The van der Waals surface area contributed by atoms with Gasteiger partial charge in [-0.05, 0) is 43.5 Å². The topological polar surface area (TPSA) is 55.9 Å². The summed E-state index contributed by atoms with van der Waals surface area (Å²) in [7, 11) is 0. The first kappa shape index (κ1) is 18.9. The summed E-state index contributed by atoms with van der Waals surface area (Å²) in [6.45, 7) is 2.79. The van der Waals surface area contributed by atoms with Crippen molar-refractivity contribution in [2.75, 3.05) is 19.6 Å². The third-order valence-corrected chi connectivity index (χ3v) is 6.30. The molecule has 0 unspecified atom stereocenters. The first-order valence-electron chi connectivity index (χ1n) is 10.8. The van der Waals surface area contributed by atoms with Gasteiger partial charge in [0.25, 0.3) is 0 Å². The van der Waals surface area contributed by atoms with Gasteiger partial charge >= 0.3 is 0 Å². The summed E-state index contributed by atoms with van der Waals surface area (Å²) in [5.74, 6) is 2.08. The lowest BCUT2D eigenvalue weighted by Crippen LogP contribution is -3.13. The van der Waals surface area contributed by atoms with E-state index in [0.29, 0.717) is 6.54 Å². The minimum atomic E-state index is -0.375. The molecule has 2 N–H and O–H groups in total. The average Bonchev–Trinajstić information content (AvgIpc) is 3.33. The molecule has 0 bridgehead atoms. The second kappa shape index (κ2) is 8.36. The second-order valence-electron chi connectivity index (χ2n) is 8.14. The number of carbonyl (C=O) groups excluding carboxylic acids is 1. The van der Waals surface area contributed by atoms with Crippen molar-refractivity contribution in [2.24, 2.45) is 0 Å². The van der Waals surface area contributed by atoms with Crippen LogP contribution in [0.25, 0.3) is 0 Å². The van der Waals surface area contributed by atoms with Gasteiger partial charge in [-0.15, -0.1) is 0 Å². The van der Waals surface area contributed by atoms with Crippen molar-refractivity contribution in [1.29, 1.82) is 0 Å². The highest BCUT2D eigenvalue weighted by molar-refractivity contribution is 5.89. The predicted octanol–water partition coefficient (Wildman–Crippen LogP) is 3.44. The van der Waals surface area contributed by atoms with E-state index in [-0.39, 0.29) is 17.9 Å². The number of quaternary nitrogens is 1. The predicted molar refractivity (Wildman–Crippen MR) is 114 cm³/mol. The Balaban J connectivity index is 1.40. The number of hydrogen-bond donors (Lipinski definition) is 2. The van der Waals surface area contributed by atoms with Crippen LogP contribution in [0.3, 0.4) is 0 Å². The summed E-state index contributed by atoms with van der Waals surface area (Å²) in [5.41, 5.74) is 1.82. The first-order chi connectivity index (χ1) is 14.8. The van der Waals surface area contributed by atoms with Gasteiger partial charge in [0.2, 0.25) is 5.91 Å². The van der Waals surface area contributed by atoms with Gasteiger partial charge in [-0.1, -0.05) is 36.4 Å². The third kappa shape index (κ3) is 3.61. The van der Waals surface area contributed by atoms with Crippen LogP contribution < -0.4 is 15.0 Å². The van der Waals surface area contributed by atoms with Crippen molar-refractivity contribution in [2.45, 2.75) is 31.2 Å². The van der Waals surface area contributed by atoms with Crippen molar-refractivity contribution < 1.29 is 18.8 Å². The molecule has 0 radical (unpaired) electrons. The van der Waals surface area contributed by atoms with Crippen LogP contribution in [-0.4, -0.2) is 25.5 Å². The Morgan fingerprint density at radius 3 is 2.23 bits per heavy atom. The maximum Gasteiger partial charge on any atom is 0.232 e. The van der Waals surface area contributed by atoms with Crippen LogP contribution in [0.4, 0.5) is 0 Å². The van der Waals surface area contributed by atoms with Gasteiger partial charge in [0.15, 0.2) is 11.8 Å². The summed E-state index contributed by atoms with van der Waals surface area (Å²) in [6, 6.07) is 19.7. The van der Waals surface area contributed by atoms with Crippen molar-refractivity contribution >= 4 is 5.91 Å². The minimum absolute atomic E-state index is 0.00571. The molecule has 5 rings (SSSR count). The molecule has 1 atom stereocenters. The summed E-state index contributed by atoms with van der Waals surface area (Å²) < 4.78 is 11.8. The number of amides is 1. The van der Waals surface area contributed by atoms with Crippen LogP contribution in [0.2, 0.25) is 0 Å². The Morgan fingerprint density at radius 1 is 0.933 bits per heavy atom. The van der Waals surface area contributed by atoms with Crippen molar-refractivity contribution in [3.63, 3.8) is 0 Å². The number of hydrogen-bond acceptors (Lipinski definition) is 3. The quantitative estimate of drug-likeness (QED) is 0.686. The lowest BCUT2D eigenvalue weighted by Gasteiger charge is -2.31. The second-order valence-corrected chi connectivity index (χ2v) is 8.14. The van der Waals surface area contributed by atoms with Gasteiger partial charge in [0.1, 0.15) is 11.5 Å². The van der Waals surface area contributed by atoms with E-state index in [0.717, 1.165) is 41.5 Å². The summed E-state index contributed by atoms with van der Waals surface area (Å²) in [4.78, 5) is 15.0. The molecule has 154 valence electrons. The van der Waals surface area contributed by atoms with E-state index in [2.05, 4.69) is 5.32 Å². The van der Waals surface area contributed by atoms with Crippen LogP contribution in [0.15, 0.2) is 71.3 Å².